The molecule has 4 heteroatoms. The molecule has 2 aromatic rings. The Balaban J connectivity index is 2.60. The van der Waals surface area contributed by atoms with Crippen molar-refractivity contribution in [2.45, 2.75) is 13.8 Å². The molecule has 2 rings (SSSR count). The first-order valence-electron chi connectivity index (χ1n) is 3.72. The fourth-order valence-corrected chi connectivity index (χ4v) is 1.92. The van der Waals surface area contributed by atoms with Crippen LogP contribution in [0.15, 0.2) is 18.3 Å². The van der Waals surface area contributed by atoms with Gasteiger partial charge in [-0.25, -0.2) is 0 Å². The Morgan fingerprint density at radius 3 is 2.42 bits per heavy atom. The Morgan fingerprint density at radius 2 is 1.92 bits per heavy atom. The second kappa shape index (κ2) is 2.71. The Morgan fingerprint density at radius 1 is 1.25 bits per heavy atom. The summed E-state index contributed by atoms with van der Waals surface area (Å²) < 4.78 is 5.97. The lowest BCUT2D eigenvalue weighted by molar-refractivity contribution is 0.979. The maximum absolute atomic E-state index is 3.83. The molecule has 0 fully saturated rings. The summed E-state index contributed by atoms with van der Waals surface area (Å²) in [6.45, 7) is 4.15. The first-order valence-corrected chi connectivity index (χ1v) is 4.49. The van der Waals surface area contributed by atoms with E-state index in [2.05, 4.69) is 40.1 Å². The number of hydrogen-bond acceptors (Lipinski definition) is 3. The van der Waals surface area contributed by atoms with Gasteiger partial charge in [-0.05, 0) is 26.0 Å². The summed E-state index contributed by atoms with van der Waals surface area (Å²) in [5.74, 6) is 0. The van der Waals surface area contributed by atoms with Crippen molar-refractivity contribution in [1.29, 1.82) is 0 Å². The predicted molar refractivity (Wildman–Crippen MR) is 48.7 cm³/mol. The predicted octanol–water partition coefficient (Wildman–Crippen LogP) is 1.95. The highest BCUT2D eigenvalue weighted by molar-refractivity contribution is 7.08. The second-order valence-corrected chi connectivity index (χ2v) is 3.47. The molecule has 62 valence electrons. The fourth-order valence-electron chi connectivity index (χ4n) is 1.28. The molecule has 0 spiro atoms. The lowest BCUT2D eigenvalue weighted by Crippen LogP contribution is -1.94. The third-order valence-electron chi connectivity index (χ3n) is 1.84. The van der Waals surface area contributed by atoms with Crippen molar-refractivity contribution in [2.75, 3.05) is 0 Å². The zero-order valence-electron chi connectivity index (χ0n) is 6.98. The number of hydrogen-bond donors (Lipinski definition) is 0. The lowest BCUT2D eigenvalue weighted by atomic mass is 10.5. The van der Waals surface area contributed by atoms with Crippen LogP contribution in [0.25, 0.3) is 5.00 Å². The van der Waals surface area contributed by atoms with Crippen molar-refractivity contribution in [2.24, 2.45) is 0 Å². The van der Waals surface area contributed by atoms with Crippen LogP contribution in [-0.4, -0.2) is 14.2 Å². The lowest BCUT2D eigenvalue weighted by Gasteiger charge is -2.02. The molecule has 0 amide bonds. The molecule has 0 unspecified atom stereocenters. The van der Waals surface area contributed by atoms with Crippen LogP contribution >= 0.6 is 11.5 Å². The average Bonchev–Trinajstić information content (AvgIpc) is 2.61. The molecule has 0 N–H and O–H groups in total. The van der Waals surface area contributed by atoms with Gasteiger partial charge in [-0.3, -0.25) is 0 Å². The molecule has 0 atom stereocenters. The van der Waals surface area contributed by atoms with E-state index in [1.165, 1.54) is 22.9 Å². The van der Waals surface area contributed by atoms with Crippen molar-refractivity contribution in [1.82, 2.24) is 14.2 Å². The topological polar surface area (TPSA) is 30.7 Å². The summed E-state index contributed by atoms with van der Waals surface area (Å²) in [4.78, 5) is 0. The SMILES string of the molecule is Cc1ccc(C)n1-c1cnns1. The van der Waals surface area contributed by atoms with Gasteiger partial charge in [0, 0.05) is 22.9 Å². The second-order valence-electron chi connectivity index (χ2n) is 2.71. The Kier molecular flexibility index (Phi) is 1.69. The summed E-state index contributed by atoms with van der Waals surface area (Å²) in [5, 5.41) is 4.89. The first kappa shape index (κ1) is 7.49. The smallest absolute Gasteiger partial charge is 0.141 e. The molecule has 0 bridgehead atoms. The highest BCUT2D eigenvalue weighted by Crippen LogP contribution is 2.17. The third-order valence-corrected chi connectivity index (χ3v) is 2.49. The van der Waals surface area contributed by atoms with Gasteiger partial charge in [0.2, 0.25) is 0 Å². The summed E-state index contributed by atoms with van der Waals surface area (Å²) in [7, 11) is 0. The largest absolute Gasteiger partial charge is 0.307 e. The number of nitrogens with zero attached hydrogens (tertiary/aromatic N) is 3. The van der Waals surface area contributed by atoms with Crippen LogP contribution in [0.3, 0.4) is 0 Å². The van der Waals surface area contributed by atoms with Crippen LogP contribution in [0.2, 0.25) is 0 Å². The molecule has 0 aliphatic heterocycles. The number of aromatic nitrogens is 3. The molecule has 0 aromatic carbocycles. The minimum Gasteiger partial charge on any atom is -0.307 e. The van der Waals surface area contributed by atoms with Crippen molar-refractivity contribution in [3.8, 4) is 5.00 Å². The molecule has 0 radical (unpaired) electrons. The van der Waals surface area contributed by atoms with Crippen LogP contribution in [0, 0.1) is 13.8 Å². The summed E-state index contributed by atoms with van der Waals surface area (Å²) in [6, 6.07) is 4.18. The van der Waals surface area contributed by atoms with Crippen LogP contribution in [-0.2, 0) is 0 Å². The van der Waals surface area contributed by atoms with Crippen molar-refractivity contribution < 1.29 is 0 Å². The maximum Gasteiger partial charge on any atom is 0.141 e. The molecule has 3 nitrogen and oxygen atoms in total. The fraction of sp³-hybridized carbons (Fsp3) is 0.250. The van der Waals surface area contributed by atoms with Crippen molar-refractivity contribution in [3.63, 3.8) is 0 Å². The quantitative estimate of drug-likeness (QED) is 0.669. The van der Waals surface area contributed by atoms with Crippen LogP contribution in [0.1, 0.15) is 11.4 Å². The molecule has 12 heavy (non-hydrogen) atoms. The third kappa shape index (κ3) is 1.04. The van der Waals surface area contributed by atoms with Gasteiger partial charge in [0.05, 0.1) is 6.20 Å². The highest BCUT2D eigenvalue weighted by atomic mass is 32.1. The van der Waals surface area contributed by atoms with Gasteiger partial charge in [-0.2, -0.15) is 0 Å². The van der Waals surface area contributed by atoms with E-state index in [0.717, 1.165) is 5.00 Å². The van der Waals surface area contributed by atoms with Gasteiger partial charge in [0.15, 0.2) is 0 Å². The first-order chi connectivity index (χ1) is 5.79. The monoisotopic (exact) mass is 179 g/mol. The van der Waals surface area contributed by atoms with Gasteiger partial charge >= 0.3 is 0 Å². The maximum atomic E-state index is 3.83. The van der Waals surface area contributed by atoms with E-state index in [-0.39, 0.29) is 0 Å². The molecule has 2 aromatic heterocycles. The van der Waals surface area contributed by atoms with Crippen molar-refractivity contribution in [3.05, 3.63) is 29.7 Å². The normalized spacial score (nSPS) is 10.5. The highest BCUT2D eigenvalue weighted by Gasteiger charge is 2.04. The number of rotatable bonds is 1. The zero-order chi connectivity index (χ0) is 8.55. The van der Waals surface area contributed by atoms with E-state index in [1.807, 2.05) is 0 Å². The molecular weight excluding hydrogens is 170 g/mol. The minimum absolute atomic E-state index is 1.08. The average molecular weight is 179 g/mol. The van der Waals surface area contributed by atoms with Crippen LogP contribution in [0.4, 0.5) is 0 Å². The van der Waals surface area contributed by atoms with E-state index in [9.17, 15) is 0 Å². The van der Waals surface area contributed by atoms with Gasteiger partial charge in [0.1, 0.15) is 5.00 Å². The van der Waals surface area contributed by atoms with E-state index in [4.69, 9.17) is 0 Å². The van der Waals surface area contributed by atoms with Crippen LogP contribution in [0.5, 0.6) is 0 Å². The van der Waals surface area contributed by atoms with Gasteiger partial charge in [-0.15, -0.1) is 5.10 Å². The zero-order valence-corrected chi connectivity index (χ0v) is 7.80. The Bertz CT molecular complexity index is 355. The van der Waals surface area contributed by atoms with E-state index < -0.39 is 0 Å². The Labute approximate surface area is 74.8 Å². The van der Waals surface area contributed by atoms with Gasteiger partial charge in [-0.1, -0.05) is 4.49 Å². The minimum atomic E-state index is 1.08. The standard InChI is InChI=1S/C8H9N3S/c1-6-3-4-7(2)11(6)8-5-9-10-12-8/h3-5H,1-2H3. The van der Waals surface area contributed by atoms with E-state index in [0.29, 0.717) is 0 Å². The van der Waals surface area contributed by atoms with E-state index in [1.54, 1.807) is 6.20 Å². The molecule has 0 saturated heterocycles. The molecule has 0 saturated carbocycles. The Hall–Kier alpha value is -1.16. The van der Waals surface area contributed by atoms with Crippen LogP contribution < -0.4 is 0 Å². The number of aryl methyl sites for hydroxylation is 2. The molecule has 0 aliphatic rings. The summed E-state index contributed by atoms with van der Waals surface area (Å²) in [6.07, 6.45) is 1.78. The summed E-state index contributed by atoms with van der Waals surface area (Å²) >= 11 is 1.41. The molecular formula is C8H9N3S. The van der Waals surface area contributed by atoms with E-state index >= 15 is 0 Å². The van der Waals surface area contributed by atoms with Gasteiger partial charge in [0.25, 0.3) is 0 Å². The van der Waals surface area contributed by atoms with Crippen molar-refractivity contribution >= 4 is 11.5 Å². The summed E-state index contributed by atoms with van der Waals surface area (Å²) in [5.41, 5.74) is 2.44. The molecule has 2 heterocycles. The van der Waals surface area contributed by atoms with Gasteiger partial charge < -0.3 is 4.57 Å². The molecule has 0 aliphatic carbocycles.